The number of ether oxygens (including phenoxy) is 1. The van der Waals surface area contributed by atoms with E-state index in [-0.39, 0.29) is 0 Å². The van der Waals surface area contributed by atoms with Crippen molar-refractivity contribution in [1.82, 2.24) is 0 Å². The summed E-state index contributed by atoms with van der Waals surface area (Å²) in [5.41, 5.74) is 9.01. The molecule has 1 aromatic heterocycles. The fourth-order valence-corrected chi connectivity index (χ4v) is 2.41. The van der Waals surface area contributed by atoms with Crippen LogP contribution >= 0.6 is 0 Å². The second kappa shape index (κ2) is 7.45. The van der Waals surface area contributed by atoms with E-state index >= 15 is 0 Å². The highest BCUT2D eigenvalue weighted by Gasteiger charge is 2.03. The number of rotatable bonds is 6. The summed E-state index contributed by atoms with van der Waals surface area (Å²) < 4.78 is 7.91. The Bertz CT molecular complexity index is 722. The van der Waals surface area contributed by atoms with Crippen molar-refractivity contribution in [3.05, 3.63) is 90.3 Å². The van der Waals surface area contributed by atoms with E-state index in [4.69, 9.17) is 10.5 Å². The maximum Gasteiger partial charge on any atom is 0.173 e. The molecule has 3 nitrogen and oxygen atoms in total. The standard InChI is InChI=1S/C20H20N2O/c21-19-10-13-22(14-11-19)16-18-6-8-20(9-7-18)23-15-12-17-4-2-1-3-5-17/h1-11,13-14,21H,12,15-16H2/p+1. The summed E-state index contributed by atoms with van der Waals surface area (Å²) in [6.45, 7) is 1.51. The van der Waals surface area contributed by atoms with Crippen LogP contribution in [0.1, 0.15) is 11.1 Å². The summed E-state index contributed by atoms with van der Waals surface area (Å²) in [4.78, 5) is 0. The van der Waals surface area contributed by atoms with Crippen LogP contribution in [0.5, 0.6) is 5.75 Å². The molecule has 0 amide bonds. The number of pyridine rings is 1. The van der Waals surface area contributed by atoms with Crippen LogP contribution in [0.15, 0.2) is 79.1 Å². The van der Waals surface area contributed by atoms with Gasteiger partial charge in [0.1, 0.15) is 5.75 Å². The molecule has 116 valence electrons. The minimum atomic E-state index is 0.691. The van der Waals surface area contributed by atoms with E-state index in [1.54, 1.807) is 0 Å². The van der Waals surface area contributed by atoms with Gasteiger partial charge >= 0.3 is 0 Å². The van der Waals surface area contributed by atoms with E-state index in [0.29, 0.717) is 6.61 Å². The van der Waals surface area contributed by atoms with Gasteiger partial charge in [-0.15, -0.1) is 0 Å². The molecule has 0 saturated carbocycles. The average molecular weight is 305 g/mol. The minimum absolute atomic E-state index is 0.691. The number of anilines is 1. The topological polar surface area (TPSA) is 39.1 Å². The van der Waals surface area contributed by atoms with Crippen molar-refractivity contribution in [1.29, 1.82) is 0 Å². The number of nitrogen functional groups attached to an aromatic ring is 1. The number of hydrogen-bond acceptors (Lipinski definition) is 2. The van der Waals surface area contributed by atoms with Gasteiger partial charge in [-0.05, 0) is 29.8 Å². The summed E-state index contributed by atoms with van der Waals surface area (Å²) in [5, 5.41) is 0. The molecule has 3 heteroatoms. The lowest BCUT2D eigenvalue weighted by atomic mass is 10.2. The highest BCUT2D eigenvalue weighted by Crippen LogP contribution is 2.13. The molecular weight excluding hydrogens is 284 g/mol. The molecule has 0 aliphatic rings. The van der Waals surface area contributed by atoms with Crippen LogP contribution in [0.3, 0.4) is 0 Å². The molecule has 3 aromatic rings. The Morgan fingerprint density at radius 3 is 2.17 bits per heavy atom. The molecular formula is C20H21N2O+. The quantitative estimate of drug-likeness (QED) is 0.710. The number of hydrogen-bond donors (Lipinski definition) is 1. The lowest BCUT2D eigenvalue weighted by Crippen LogP contribution is -2.33. The molecule has 2 aromatic carbocycles. The first kappa shape index (κ1) is 15.1. The van der Waals surface area contributed by atoms with Crippen LogP contribution in [0, 0.1) is 0 Å². The highest BCUT2D eigenvalue weighted by atomic mass is 16.5. The third-order valence-electron chi connectivity index (χ3n) is 3.71. The van der Waals surface area contributed by atoms with Gasteiger partial charge in [0.15, 0.2) is 18.9 Å². The van der Waals surface area contributed by atoms with Gasteiger partial charge < -0.3 is 10.5 Å². The van der Waals surface area contributed by atoms with Crippen molar-refractivity contribution in [2.24, 2.45) is 0 Å². The Labute approximate surface area is 137 Å². The molecule has 0 bridgehead atoms. The molecule has 0 aliphatic carbocycles. The predicted octanol–water partition coefficient (Wildman–Crippen LogP) is 3.23. The Kier molecular flexibility index (Phi) is 4.89. The molecule has 1 heterocycles. The van der Waals surface area contributed by atoms with Gasteiger partial charge in [0.2, 0.25) is 0 Å². The van der Waals surface area contributed by atoms with E-state index < -0.39 is 0 Å². The summed E-state index contributed by atoms with van der Waals surface area (Å²) in [6.07, 6.45) is 4.89. The summed E-state index contributed by atoms with van der Waals surface area (Å²) in [7, 11) is 0. The number of nitrogens with zero attached hydrogens (tertiary/aromatic N) is 1. The molecule has 3 rings (SSSR count). The molecule has 2 N–H and O–H groups in total. The van der Waals surface area contributed by atoms with Gasteiger partial charge in [-0.25, -0.2) is 4.57 Å². The first-order valence-corrected chi connectivity index (χ1v) is 7.80. The second-order valence-corrected chi connectivity index (χ2v) is 5.53. The summed E-state index contributed by atoms with van der Waals surface area (Å²) in [5.74, 6) is 0.909. The smallest absolute Gasteiger partial charge is 0.173 e. The number of aromatic nitrogens is 1. The Balaban J connectivity index is 1.51. The van der Waals surface area contributed by atoms with Crippen molar-refractivity contribution in [2.45, 2.75) is 13.0 Å². The van der Waals surface area contributed by atoms with Gasteiger partial charge in [0.05, 0.1) is 6.61 Å². The van der Waals surface area contributed by atoms with Crippen LogP contribution in [-0.4, -0.2) is 6.61 Å². The van der Waals surface area contributed by atoms with E-state index in [1.165, 1.54) is 11.1 Å². The molecule has 0 fully saturated rings. The van der Waals surface area contributed by atoms with Crippen LogP contribution in [0.2, 0.25) is 0 Å². The highest BCUT2D eigenvalue weighted by molar-refractivity contribution is 5.32. The van der Waals surface area contributed by atoms with E-state index in [2.05, 4.69) is 41.0 Å². The SMILES string of the molecule is Nc1cc[n+](Cc2ccc(OCCc3ccccc3)cc2)cc1. The molecule has 0 unspecified atom stereocenters. The maximum atomic E-state index is 5.81. The summed E-state index contributed by atoms with van der Waals surface area (Å²) >= 11 is 0. The average Bonchev–Trinajstić information content (AvgIpc) is 2.59. The van der Waals surface area contributed by atoms with Crippen molar-refractivity contribution in [3.8, 4) is 5.75 Å². The Morgan fingerprint density at radius 1 is 0.783 bits per heavy atom. The maximum absolute atomic E-state index is 5.81. The Hall–Kier alpha value is -2.81. The monoisotopic (exact) mass is 305 g/mol. The largest absolute Gasteiger partial charge is 0.493 e. The van der Waals surface area contributed by atoms with Crippen LogP contribution in [0.4, 0.5) is 5.69 Å². The number of nitrogens with two attached hydrogens (primary N) is 1. The first-order valence-electron chi connectivity index (χ1n) is 7.80. The van der Waals surface area contributed by atoms with Crippen LogP contribution in [-0.2, 0) is 13.0 Å². The fourth-order valence-electron chi connectivity index (χ4n) is 2.41. The lowest BCUT2D eigenvalue weighted by Gasteiger charge is -2.07. The molecule has 23 heavy (non-hydrogen) atoms. The van der Waals surface area contributed by atoms with E-state index in [9.17, 15) is 0 Å². The summed E-state index contributed by atoms with van der Waals surface area (Å²) in [6, 6.07) is 22.4. The van der Waals surface area contributed by atoms with E-state index in [1.807, 2.05) is 42.7 Å². The first-order chi connectivity index (χ1) is 11.3. The fraction of sp³-hybridized carbons (Fsp3) is 0.150. The molecule has 0 spiro atoms. The van der Waals surface area contributed by atoms with Gasteiger partial charge in [0.25, 0.3) is 0 Å². The Morgan fingerprint density at radius 2 is 1.48 bits per heavy atom. The van der Waals surface area contributed by atoms with Crippen LogP contribution < -0.4 is 15.0 Å². The third kappa shape index (κ3) is 4.58. The van der Waals surface area contributed by atoms with Gasteiger partial charge in [0, 0.05) is 29.8 Å². The lowest BCUT2D eigenvalue weighted by molar-refractivity contribution is -0.688. The van der Waals surface area contributed by atoms with Gasteiger partial charge in [-0.1, -0.05) is 30.3 Å². The van der Waals surface area contributed by atoms with Crippen LogP contribution in [0.25, 0.3) is 0 Å². The zero-order valence-electron chi connectivity index (χ0n) is 13.1. The zero-order valence-corrected chi connectivity index (χ0v) is 13.1. The normalized spacial score (nSPS) is 10.4. The third-order valence-corrected chi connectivity index (χ3v) is 3.71. The molecule has 0 aliphatic heterocycles. The van der Waals surface area contributed by atoms with Crippen molar-refractivity contribution in [3.63, 3.8) is 0 Å². The van der Waals surface area contributed by atoms with Gasteiger partial charge in [-0.3, -0.25) is 0 Å². The van der Waals surface area contributed by atoms with Crippen molar-refractivity contribution < 1.29 is 9.30 Å². The molecule has 0 radical (unpaired) electrons. The van der Waals surface area contributed by atoms with Gasteiger partial charge in [-0.2, -0.15) is 0 Å². The van der Waals surface area contributed by atoms with E-state index in [0.717, 1.165) is 24.4 Å². The number of benzene rings is 2. The zero-order chi connectivity index (χ0) is 15.9. The predicted molar refractivity (Wildman–Crippen MR) is 92.2 cm³/mol. The molecule has 0 atom stereocenters. The molecule has 0 saturated heterocycles. The van der Waals surface area contributed by atoms with Crippen molar-refractivity contribution in [2.75, 3.05) is 12.3 Å². The minimum Gasteiger partial charge on any atom is -0.493 e. The second-order valence-electron chi connectivity index (χ2n) is 5.53. The van der Waals surface area contributed by atoms with Crippen molar-refractivity contribution >= 4 is 5.69 Å².